The van der Waals surface area contributed by atoms with Gasteiger partial charge in [-0.1, -0.05) is 18.2 Å². The quantitative estimate of drug-likeness (QED) is 0.864. The molecular weight excluding hydrogens is 356 g/mol. The van der Waals surface area contributed by atoms with Gasteiger partial charge in [-0.25, -0.2) is 12.7 Å². The van der Waals surface area contributed by atoms with E-state index in [0.29, 0.717) is 15.7 Å². The summed E-state index contributed by atoms with van der Waals surface area (Å²) in [4.78, 5) is 24.8. The van der Waals surface area contributed by atoms with Gasteiger partial charge in [-0.3, -0.25) is 9.59 Å². The Hall–Kier alpha value is -2.87. The molecule has 1 heterocycles. The Bertz CT molecular complexity index is 910. The minimum Gasteiger partial charge on any atom is -0.497 e. The highest BCUT2D eigenvalue weighted by Crippen LogP contribution is 2.28. The molecule has 0 spiro atoms. The minimum atomic E-state index is -4.08. The van der Waals surface area contributed by atoms with Crippen LogP contribution in [-0.2, 0) is 19.6 Å². The smallest absolute Gasteiger partial charge is 0.267 e. The fourth-order valence-electron chi connectivity index (χ4n) is 2.81. The van der Waals surface area contributed by atoms with Crippen LogP contribution in [0.25, 0.3) is 0 Å². The van der Waals surface area contributed by atoms with E-state index in [4.69, 9.17) is 4.74 Å². The molecule has 2 aromatic rings. The van der Waals surface area contributed by atoms with Gasteiger partial charge >= 0.3 is 0 Å². The van der Waals surface area contributed by atoms with Gasteiger partial charge < -0.3 is 10.1 Å². The third-order valence-electron chi connectivity index (χ3n) is 4.12. The summed E-state index contributed by atoms with van der Waals surface area (Å²) >= 11 is 0. The molecule has 8 heteroatoms. The number of hydrogen-bond donors (Lipinski definition) is 1. The maximum absolute atomic E-state index is 12.8. The third kappa shape index (κ3) is 3.41. The summed E-state index contributed by atoms with van der Waals surface area (Å²) in [6, 6.07) is 13.2. The molecule has 0 aromatic heterocycles. The highest BCUT2D eigenvalue weighted by molar-refractivity contribution is 7.89. The topological polar surface area (TPSA) is 92.8 Å². The highest BCUT2D eigenvalue weighted by atomic mass is 32.2. The van der Waals surface area contributed by atoms with Gasteiger partial charge in [-0.15, -0.1) is 0 Å². The molecule has 1 N–H and O–H groups in total. The van der Waals surface area contributed by atoms with E-state index in [1.807, 2.05) is 0 Å². The zero-order valence-corrected chi connectivity index (χ0v) is 14.9. The average Bonchev–Trinajstić information content (AvgIpc) is 3.05. The summed E-state index contributed by atoms with van der Waals surface area (Å²) in [5.74, 6) is -0.489. The lowest BCUT2D eigenvalue weighted by atomic mass is 10.2. The minimum absolute atomic E-state index is 0.00671. The number of amides is 2. The third-order valence-corrected chi connectivity index (χ3v) is 5.96. The molecule has 0 bridgehead atoms. The second kappa shape index (κ2) is 7.17. The molecule has 1 aliphatic rings. The molecule has 1 fully saturated rings. The Morgan fingerprint density at radius 2 is 1.77 bits per heavy atom. The number of carbonyl (C=O) groups excluding carboxylic acids is 2. The molecule has 136 valence electrons. The van der Waals surface area contributed by atoms with Gasteiger partial charge in [0.25, 0.3) is 10.0 Å². The molecule has 0 aliphatic carbocycles. The predicted octanol–water partition coefficient (Wildman–Crippen LogP) is 2.01. The van der Waals surface area contributed by atoms with Crippen LogP contribution in [0.3, 0.4) is 0 Å². The maximum Gasteiger partial charge on any atom is 0.267 e. The lowest BCUT2D eigenvalue weighted by molar-refractivity contribution is -0.128. The van der Waals surface area contributed by atoms with Crippen molar-refractivity contribution in [2.45, 2.75) is 23.8 Å². The number of nitrogens with zero attached hydrogens (tertiary/aromatic N) is 1. The molecular formula is C18H18N2O5S. The van der Waals surface area contributed by atoms with E-state index in [9.17, 15) is 18.0 Å². The first-order valence-corrected chi connectivity index (χ1v) is 9.45. The van der Waals surface area contributed by atoms with E-state index < -0.39 is 27.9 Å². The first-order valence-electron chi connectivity index (χ1n) is 8.00. The van der Waals surface area contributed by atoms with E-state index in [0.717, 1.165) is 0 Å². The van der Waals surface area contributed by atoms with Crippen LogP contribution in [-0.4, -0.2) is 37.7 Å². The van der Waals surface area contributed by atoms with Crippen LogP contribution >= 0.6 is 0 Å². The Kier molecular flexibility index (Phi) is 4.94. The van der Waals surface area contributed by atoms with Gasteiger partial charge in [0, 0.05) is 12.1 Å². The van der Waals surface area contributed by atoms with Crippen molar-refractivity contribution in [1.29, 1.82) is 0 Å². The van der Waals surface area contributed by atoms with Crippen molar-refractivity contribution in [1.82, 2.24) is 4.31 Å². The van der Waals surface area contributed by atoms with E-state index in [1.165, 1.54) is 19.2 Å². The lowest BCUT2D eigenvalue weighted by Gasteiger charge is -2.23. The zero-order valence-electron chi connectivity index (χ0n) is 14.1. The first-order chi connectivity index (χ1) is 12.4. The van der Waals surface area contributed by atoms with E-state index in [-0.39, 0.29) is 17.7 Å². The molecule has 1 aliphatic heterocycles. The molecule has 1 unspecified atom stereocenters. The zero-order chi connectivity index (χ0) is 18.7. The van der Waals surface area contributed by atoms with Crippen LogP contribution in [0.1, 0.15) is 12.8 Å². The van der Waals surface area contributed by atoms with Crippen molar-refractivity contribution in [3.8, 4) is 5.75 Å². The molecule has 0 radical (unpaired) electrons. The van der Waals surface area contributed by atoms with E-state index >= 15 is 0 Å². The normalized spacial score (nSPS) is 17.2. The number of anilines is 1. The van der Waals surface area contributed by atoms with Crippen LogP contribution in [0.2, 0.25) is 0 Å². The number of rotatable bonds is 5. The fourth-order valence-corrected chi connectivity index (χ4v) is 4.43. The van der Waals surface area contributed by atoms with Crippen molar-refractivity contribution >= 4 is 27.5 Å². The highest BCUT2D eigenvalue weighted by Gasteiger charge is 2.44. The average molecular weight is 374 g/mol. The fraction of sp³-hybridized carbons (Fsp3) is 0.222. The number of ether oxygens (including phenoxy) is 1. The monoisotopic (exact) mass is 374 g/mol. The van der Waals surface area contributed by atoms with E-state index in [2.05, 4.69) is 5.32 Å². The summed E-state index contributed by atoms with van der Waals surface area (Å²) in [6.45, 7) is 0. The maximum atomic E-state index is 12.8. The van der Waals surface area contributed by atoms with Crippen molar-refractivity contribution in [3.63, 3.8) is 0 Å². The van der Waals surface area contributed by atoms with Crippen molar-refractivity contribution in [2.24, 2.45) is 0 Å². The number of methoxy groups -OCH3 is 1. The summed E-state index contributed by atoms with van der Waals surface area (Å²) < 4.78 is 31.4. The SMILES string of the molecule is COc1ccc(NC(=O)C2CCC(=O)N2S(=O)(=O)c2ccccc2)cc1. The Morgan fingerprint density at radius 1 is 1.12 bits per heavy atom. The lowest BCUT2D eigenvalue weighted by Crippen LogP contribution is -2.45. The molecule has 0 saturated carbocycles. The summed E-state index contributed by atoms with van der Waals surface area (Å²) in [5.41, 5.74) is 0.493. The molecule has 26 heavy (non-hydrogen) atoms. The number of hydrogen-bond acceptors (Lipinski definition) is 5. The molecule has 7 nitrogen and oxygen atoms in total. The van der Waals surface area contributed by atoms with Gasteiger partial charge in [0.1, 0.15) is 11.8 Å². The van der Waals surface area contributed by atoms with Crippen molar-refractivity contribution in [2.75, 3.05) is 12.4 Å². The second-order valence-corrected chi connectivity index (χ2v) is 7.59. The van der Waals surface area contributed by atoms with Gasteiger partial charge in [0.05, 0.1) is 12.0 Å². The molecule has 1 saturated heterocycles. The van der Waals surface area contributed by atoms with Crippen LogP contribution < -0.4 is 10.1 Å². The van der Waals surface area contributed by atoms with Crippen molar-refractivity contribution in [3.05, 3.63) is 54.6 Å². The number of sulfonamides is 1. The van der Waals surface area contributed by atoms with Crippen molar-refractivity contribution < 1.29 is 22.7 Å². The Morgan fingerprint density at radius 3 is 2.38 bits per heavy atom. The summed E-state index contributed by atoms with van der Waals surface area (Å²) in [5, 5.41) is 2.66. The molecule has 2 aromatic carbocycles. The van der Waals surface area contributed by atoms with Crippen LogP contribution in [0, 0.1) is 0 Å². The predicted molar refractivity (Wildman–Crippen MR) is 95.1 cm³/mol. The Labute approximate surface area is 151 Å². The summed E-state index contributed by atoms with van der Waals surface area (Å²) in [6.07, 6.45) is 0.152. The molecule has 1 atom stereocenters. The van der Waals surface area contributed by atoms with Gasteiger partial charge in [0.15, 0.2) is 0 Å². The standard InChI is InChI=1S/C18H18N2O5S/c1-25-14-9-7-13(8-10-14)19-18(22)16-11-12-17(21)20(16)26(23,24)15-5-3-2-4-6-15/h2-10,16H,11-12H2,1H3,(H,19,22). The van der Waals surface area contributed by atoms with E-state index in [1.54, 1.807) is 42.5 Å². The largest absolute Gasteiger partial charge is 0.497 e. The number of nitrogens with one attached hydrogen (secondary N) is 1. The van der Waals surface area contributed by atoms with Gasteiger partial charge in [0.2, 0.25) is 11.8 Å². The van der Waals surface area contributed by atoms with Crippen LogP contribution in [0.15, 0.2) is 59.5 Å². The summed E-state index contributed by atoms with van der Waals surface area (Å²) in [7, 11) is -2.55. The first kappa shape index (κ1) is 17.9. The van der Waals surface area contributed by atoms with Crippen LogP contribution in [0.5, 0.6) is 5.75 Å². The molecule has 3 rings (SSSR count). The van der Waals surface area contributed by atoms with Gasteiger partial charge in [-0.2, -0.15) is 0 Å². The molecule has 2 amide bonds. The van der Waals surface area contributed by atoms with Gasteiger partial charge in [-0.05, 0) is 42.8 Å². The van der Waals surface area contributed by atoms with Crippen LogP contribution in [0.4, 0.5) is 5.69 Å². The number of benzene rings is 2. The Balaban J connectivity index is 1.84. The number of carbonyl (C=O) groups is 2. The second-order valence-electron chi connectivity index (χ2n) is 5.78.